The van der Waals surface area contributed by atoms with Crippen LogP contribution in [0, 0.1) is 0 Å². The summed E-state index contributed by atoms with van der Waals surface area (Å²) < 4.78 is 6.24. The van der Waals surface area contributed by atoms with E-state index in [4.69, 9.17) is 14.4 Å². The van der Waals surface area contributed by atoms with Crippen LogP contribution in [0.3, 0.4) is 0 Å². The Morgan fingerprint density at radius 2 is 1.24 bits per heavy atom. The molecule has 2 aliphatic rings. The largest absolute Gasteiger partial charge is 0.459 e. The molecule has 6 aromatic rings. The first-order valence-electron chi connectivity index (χ1n) is 13.8. The maximum absolute atomic E-state index is 6.24. The number of hydrogen-bond donors (Lipinski definition) is 2. The summed E-state index contributed by atoms with van der Waals surface area (Å²) in [4.78, 5) is 10.1. The van der Waals surface area contributed by atoms with Gasteiger partial charge < -0.3 is 15.1 Å². The molecule has 5 heteroatoms. The van der Waals surface area contributed by atoms with E-state index in [-0.39, 0.29) is 6.17 Å². The van der Waals surface area contributed by atoms with Gasteiger partial charge in [-0.25, -0.2) is 9.98 Å². The second-order valence-electron chi connectivity index (χ2n) is 10.3. The second-order valence-corrected chi connectivity index (χ2v) is 10.3. The van der Waals surface area contributed by atoms with Gasteiger partial charge in [-0.1, -0.05) is 115 Å². The quantitative estimate of drug-likeness (QED) is 0.247. The lowest BCUT2D eigenvalue weighted by Crippen LogP contribution is -2.36. The first-order chi connectivity index (χ1) is 20.3. The number of para-hydroxylation sites is 1. The van der Waals surface area contributed by atoms with Gasteiger partial charge in [-0.15, -0.1) is 0 Å². The molecule has 0 saturated carbocycles. The van der Waals surface area contributed by atoms with Crippen LogP contribution in [-0.2, 0) is 6.54 Å². The predicted molar refractivity (Wildman–Crippen MR) is 166 cm³/mol. The minimum atomic E-state index is -0.341. The van der Waals surface area contributed by atoms with E-state index in [9.17, 15) is 0 Å². The Bertz CT molecular complexity index is 2020. The first kappa shape index (κ1) is 23.5. The Morgan fingerprint density at radius 3 is 2.05 bits per heavy atom. The number of hydrogen-bond acceptors (Lipinski definition) is 5. The molecule has 0 amide bonds. The monoisotopic (exact) mass is 530 g/mol. The van der Waals surface area contributed by atoms with Gasteiger partial charge in [0.15, 0.2) is 6.17 Å². The van der Waals surface area contributed by atoms with E-state index in [2.05, 4.69) is 89.6 Å². The maximum atomic E-state index is 6.24. The molecule has 5 nitrogen and oxygen atoms in total. The van der Waals surface area contributed by atoms with Crippen molar-refractivity contribution in [1.82, 2.24) is 10.6 Å². The number of benzene rings is 5. The molecule has 1 atom stereocenters. The molecule has 2 N–H and O–H groups in total. The third kappa shape index (κ3) is 4.02. The van der Waals surface area contributed by atoms with Crippen molar-refractivity contribution in [3.63, 3.8) is 0 Å². The lowest BCUT2D eigenvalue weighted by molar-refractivity contribution is 0.531. The Hall–Kier alpha value is -5.42. The third-order valence-corrected chi connectivity index (χ3v) is 7.80. The molecule has 0 spiro atoms. The molecule has 0 bridgehead atoms. The summed E-state index contributed by atoms with van der Waals surface area (Å²) in [6.45, 7) is 0.673. The number of furan rings is 1. The number of nitrogens with one attached hydrogen (secondary N) is 2. The number of aliphatic imine (C=N–C) groups is 2. The summed E-state index contributed by atoms with van der Waals surface area (Å²) in [6.07, 6.45) is 1.78. The highest BCUT2D eigenvalue weighted by Gasteiger charge is 2.25. The molecule has 0 fully saturated rings. The Morgan fingerprint density at radius 1 is 0.610 bits per heavy atom. The van der Waals surface area contributed by atoms with Crippen LogP contribution in [-0.4, -0.2) is 11.7 Å². The van der Waals surface area contributed by atoms with Crippen molar-refractivity contribution in [2.24, 2.45) is 9.98 Å². The molecule has 41 heavy (non-hydrogen) atoms. The van der Waals surface area contributed by atoms with Crippen molar-refractivity contribution in [3.05, 3.63) is 161 Å². The van der Waals surface area contributed by atoms with E-state index in [1.54, 1.807) is 0 Å². The van der Waals surface area contributed by atoms with Gasteiger partial charge in [0.05, 0.1) is 6.54 Å². The summed E-state index contributed by atoms with van der Waals surface area (Å²) in [5.74, 6) is 2.58. The van der Waals surface area contributed by atoms with Crippen molar-refractivity contribution < 1.29 is 4.42 Å². The molecule has 0 radical (unpaired) electrons. The van der Waals surface area contributed by atoms with Crippen LogP contribution < -0.4 is 10.6 Å². The van der Waals surface area contributed by atoms with Gasteiger partial charge in [-0.05, 0) is 28.0 Å². The van der Waals surface area contributed by atoms with Crippen LogP contribution in [0.1, 0.15) is 39.7 Å². The summed E-state index contributed by atoms with van der Waals surface area (Å²) in [5, 5.41) is 10.4. The highest BCUT2D eigenvalue weighted by atomic mass is 16.3. The number of nitrogens with zero attached hydrogens (tertiary/aromatic N) is 2. The molecular weight excluding hydrogens is 504 g/mol. The summed E-state index contributed by atoms with van der Waals surface area (Å²) in [7, 11) is 0. The Kier molecular flexibility index (Phi) is 5.52. The highest BCUT2D eigenvalue weighted by molar-refractivity contribution is 6.21. The fraction of sp³-hybridized carbons (Fsp3) is 0.0556. The fourth-order valence-corrected chi connectivity index (χ4v) is 5.89. The number of amidine groups is 2. The van der Waals surface area contributed by atoms with Crippen LogP contribution in [0.5, 0.6) is 0 Å². The van der Waals surface area contributed by atoms with Gasteiger partial charge in [0.1, 0.15) is 23.0 Å². The molecule has 8 rings (SSSR count). The van der Waals surface area contributed by atoms with Gasteiger partial charge in [0, 0.05) is 33.8 Å². The van der Waals surface area contributed by atoms with Crippen molar-refractivity contribution in [3.8, 4) is 0 Å². The smallest absolute Gasteiger partial charge is 0.169 e. The van der Waals surface area contributed by atoms with Crippen molar-refractivity contribution >= 4 is 39.0 Å². The zero-order valence-electron chi connectivity index (χ0n) is 22.2. The molecule has 2 aliphatic heterocycles. The van der Waals surface area contributed by atoms with Crippen LogP contribution >= 0.6 is 0 Å². The Labute approximate surface area is 237 Å². The predicted octanol–water partition coefficient (Wildman–Crippen LogP) is 7.57. The normalized spacial score (nSPS) is 16.3. The average Bonchev–Trinajstić information content (AvgIpc) is 3.44. The standard InChI is InChI=1S/C36H26N4O/c1-3-11-23(12-4-1)34-38-35(24-13-5-2-6-14-24)40-36(39-34)28-20-19-27(25-15-7-8-16-26(25)28)30-21-37-22-32-33(30)29-17-9-10-18-31(29)41-32/h1-21,34,37H,22H2,(H,38,39,40). The molecular formula is C36H26N4O. The van der Waals surface area contributed by atoms with Crippen LogP contribution in [0.25, 0.3) is 27.3 Å². The van der Waals surface area contributed by atoms with E-state index < -0.39 is 0 Å². The summed E-state index contributed by atoms with van der Waals surface area (Å²) in [6, 6.07) is 41.7. The summed E-state index contributed by atoms with van der Waals surface area (Å²) >= 11 is 0. The zero-order valence-corrected chi connectivity index (χ0v) is 22.2. The van der Waals surface area contributed by atoms with Crippen LogP contribution in [0.4, 0.5) is 0 Å². The van der Waals surface area contributed by atoms with Crippen molar-refractivity contribution in [2.45, 2.75) is 12.7 Å². The zero-order chi connectivity index (χ0) is 27.2. The molecule has 5 aromatic carbocycles. The van der Waals surface area contributed by atoms with Gasteiger partial charge in [-0.3, -0.25) is 0 Å². The van der Waals surface area contributed by atoms with Crippen molar-refractivity contribution in [1.29, 1.82) is 0 Å². The first-order valence-corrected chi connectivity index (χ1v) is 13.8. The molecule has 196 valence electrons. The van der Waals surface area contributed by atoms with Crippen LogP contribution in [0.2, 0.25) is 0 Å². The molecule has 0 aliphatic carbocycles. The minimum Gasteiger partial charge on any atom is -0.459 e. The third-order valence-electron chi connectivity index (χ3n) is 7.80. The van der Waals surface area contributed by atoms with Crippen LogP contribution in [0.15, 0.2) is 142 Å². The molecule has 0 saturated heterocycles. The second kappa shape index (κ2) is 9.65. The average molecular weight is 531 g/mol. The van der Waals surface area contributed by atoms with E-state index in [0.29, 0.717) is 6.54 Å². The Balaban J connectivity index is 1.28. The number of fused-ring (bicyclic) bond motifs is 4. The molecule has 1 aromatic heterocycles. The van der Waals surface area contributed by atoms with Crippen molar-refractivity contribution in [2.75, 3.05) is 0 Å². The summed E-state index contributed by atoms with van der Waals surface area (Å²) in [5.41, 5.74) is 7.47. The SMILES string of the molecule is C1=C(c2ccc(C3=NC(c4ccccc4)N=C(c4ccccc4)N3)c3ccccc23)c2c(oc3ccccc23)CN1. The number of rotatable bonds is 4. The van der Waals surface area contributed by atoms with E-state index in [0.717, 1.165) is 72.6 Å². The highest BCUT2D eigenvalue weighted by Crippen LogP contribution is 2.40. The van der Waals surface area contributed by atoms with E-state index >= 15 is 0 Å². The molecule has 1 unspecified atom stereocenters. The van der Waals surface area contributed by atoms with Gasteiger partial charge in [-0.2, -0.15) is 0 Å². The maximum Gasteiger partial charge on any atom is 0.169 e. The van der Waals surface area contributed by atoms with E-state index in [1.165, 1.54) is 0 Å². The topological polar surface area (TPSA) is 61.9 Å². The molecule has 3 heterocycles. The van der Waals surface area contributed by atoms with Gasteiger partial charge in [0.25, 0.3) is 0 Å². The minimum absolute atomic E-state index is 0.341. The van der Waals surface area contributed by atoms with Gasteiger partial charge in [0.2, 0.25) is 0 Å². The fourth-order valence-electron chi connectivity index (χ4n) is 5.89. The van der Waals surface area contributed by atoms with E-state index in [1.807, 2.05) is 48.5 Å². The lowest BCUT2D eigenvalue weighted by atomic mass is 9.89. The lowest BCUT2D eigenvalue weighted by Gasteiger charge is -2.24. The van der Waals surface area contributed by atoms with Gasteiger partial charge >= 0.3 is 0 Å².